The minimum atomic E-state index is -0.220. The van der Waals surface area contributed by atoms with Crippen LogP contribution in [0.25, 0.3) is 11.6 Å². The van der Waals surface area contributed by atoms with Crippen LogP contribution >= 0.6 is 0 Å². The molecule has 0 aliphatic carbocycles. The molecule has 0 fully saturated rings. The fraction of sp³-hybridized carbons (Fsp3) is 0.167. The second-order valence-corrected chi connectivity index (χ2v) is 4.70. The average molecular weight is 282 g/mol. The molecule has 0 aliphatic rings. The molecule has 0 radical (unpaired) electrons. The van der Waals surface area contributed by atoms with E-state index in [0.717, 1.165) is 16.7 Å². The Morgan fingerprint density at radius 2 is 1.71 bits per heavy atom. The van der Waals surface area contributed by atoms with Crippen molar-refractivity contribution in [3.05, 3.63) is 65.7 Å². The van der Waals surface area contributed by atoms with Crippen molar-refractivity contribution in [2.75, 3.05) is 7.11 Å². The summed E-state index contributed by atoms with van der Waals surface area (Å²) < 4.78 is 4.70. The lowest BCUT2D eigenvalue weighted by Gasteiger charge is -2.08. The van der Waals surface area contributed by atoms with Gasteiger partial charge in [-0.2, -0.15) is 0 Å². The van der Waals surface area contributed by atoms with Gasteiger partial charge in [0.2, 0.25) is 0 Å². The van der Waals surface area contributed by atoms with E-state index in [-0.39, 0.29) is 11.7 Å². The van der Waals surface area contributed by atoms with Gasteiger partial charge in [0, 0.05) is 6.42 Å². The van der Waals surface area contributed by atoms with Crippen LogP contribution < -0.4 is 0 Å². The summed E-state index contributed by atoms with van der Waals surface area (Å²) in [7, 11) is 1.40. The van der Waals surface area contributed by atoms with E-state index in [9.17, 15) is 9.90 Å². The van der Waals surface area contributed by atoms with Crippen LogP contribution in [0.4, 0.5) is 0 Å². The third-order valence-electron chi connectivity index (χ3n) is 3.20. The summed E-state index contributed by atoms with van der Waals surface area (Å²) in [6, 6.07) is 16.9. The highest BCUT2D eigenvalue weighted by molar-refractivity contribution is 5.83. The molecule has 3 nitrogen and oxygen atoms in total. The van der Waals surface area contributed by atoms with Gasteiger partial charge in [-0.05, 0) is 35.3 Å². The number of benzene rings is 2. The summed E-state index contributed by atoms with van der Waals surface area (Å²) in [6.45, 7) is 0. The molecule has 0 bridgehead atoms. The number of carbonyl (C=O) groups excluding carboxylic acids is 1. The van der Waals surface area contributed by atoms with Gasteiger partial charge in [0.15, 0.2) is 0 Å². The van der Waals surface area contributed by atoms with E-state index in [4.69, 9.17) is 4.74 Å². The topological polar surface area (TPSA) is 46.5 Å². The Morgan fingerprint density at radius 3 is 2.33 bits per heavy atom. The molecule has 3 heteroatoms. The Bertz CT molecular complexity index is 613. The van der Waals surface area contributed by atoms with Crippen molar-refractivity contribution in [2.45, 2.75) is 12.8 Å². The smallest absolute Gasteiger partial charge is 0.305 e. The molecular formula is C18H18O3. The fourth-order valence-corrected chi connectivity index (χ4v) is 2.06. The number of allylic oxidation sites excluding steroid dienone is 1. The normalized spacial score (nSPS) is 11.2. The van der Waals surface area contributed by atoms with E-state index in [2.05, 4.69) is 0 Å². The summed E-state index contributed by atoms with van der Waals surface area (Å²) in [5.74, 6) is 0.0190. The van der Waals surface area contributed by atoms with Crippen LogP contribution in [0.3, 0.4) is 0 Å². The molecule has 2 aromatic rings. The van der Waals surface area contributed by atoms with E-state index in [1.54, 1.807) is 12.1 Å². The van der Waals surface area contributed by atoms with Crippen LogP contribution in [0.15, 0.2) is 54.6 Å². The molecule has 0 aliphatic heterocycles. The van der Waals surface area contributed by atoms with E-state index < -0.39 is 0 Å². The van der Waals surface area contributed by atoms with Gasteiger partial charge < -0.3 is 9.84 Å². The zero-order chi connectivity index (χ0) is 15.1. The first kappa shape index (κ1) is 14.9. The number of methoxy groups -OCH3 is 1. The zero-order valence-electron chi connectivity index (χ0n) is 12.0. The van der Waals surface area contributed by atoms with Crippen LogP contribution in [0.2, 0.25) is 0 Å². The molecule has 2 rings (SSSR count). The summed E-state index contributed by atoms with van der Waals surface area (Å²) in [5, 5.41) is 9.33. The molecular weight excluding hydrogens is 264 g/mol. The Hall–Kier alpha value is -2.55. The lowest BCUT2D eigenvalue weighted by atomic mass is 9.98. The number of hydrogen-bond donors (Lipinski definition) is 1. The summed E-state index contributed by atoms with van der Waals surface area (Å²) in [6.07, 6.45) is 2.98. The van der Waals surface area contributed by atoms with Gasteiger partial charge in [-0.25, -0.2) is 0 Å². The number of aromatic hydroxyl groups is 1. The third-order valence-corrected chi connectivity index (χ3v) is 3.20. The van der Waals surface area contributed by atoms with Crippen molar-refractivity contribution in [3.8, 4) is 5.75 Å². The first-order valence-electron chi connectivity index (χ1n) is 6.81. The van der Waals surface area contributed by atoms with E-state index >= 15 is 0 Å². The lowest BCUT2D eigenvalue weighted by molar-refractivity contribution is -0.140. The number of ether oxygens (including phenoxy) is 1. The van der Waals surface area contributed by atoms with Crippen molar-refractivity contribution in [1.82, 2.24) is 0 Å². The van der Waals surface area contributed by atoms with Gasteiger partial charge in [-0.3, -0.25) is 4.79 Å². The summed E-state index contributed by atoms with van der Waals surface area (Å²) in [5.41, 5.74) is 3.12. The molecule has 0 spiro atoms. The number of phenolic OH excluding ortho intramolecular Hbond substituents is 1. The van der Waals surface area contributed by atoms with Crippen molar-refractivity contribution >= 4 is 17.6 Å². The molecule has 2 aromatic carbocycles. The Kier molecular flexibility index (Phi) is 5.16. The van der Waals surface area contributed by atoms with E-state index in [0.29, 0.717) is 12.8 Å². The molecule has 21 heavy (non-hydrogen) atoms. The average Bonchev–Trinajstić information content (AvgIpc) is 2.53. The van der Waals surface area contributed by atoms with Crippen LogP contribution in [0.1, 0.15) is 24.0 Å². The van der Waals surface area contributed by atoms with Gasteiger partial charge in [0.25, 0.3) is 0 Å². The molecule has 108 valence electrons. The van der Waals surface area contributed by atoms with Crippen molar-refractivity contribution in [1.29, 1.82) is 0 Å². The Balaban J connectivity index is 2.26. The maximum Gasteiger partial charge on any atom is 0.305 e. The predicted molar refractivity (Wildman–Crippen MR) is 83.7 cm³/mol. The second-order valence-electron chi connectivity index (χ2n) is 4.70. The van der Waals surface area contributed by atoms with Crippen molar-refractivity contribution in [2.24, 2.45) is 0 Å². The molecule has 1 N–H and O–H groups in total. The highest BCUT2D eigenvalue weighted by atomic mass is 16.5. The molecule has 0 unspecified atom stereocenters. The molecule has 0 heterocycles. The number of esters is 1. The number of phenols is 1. The van der Waals surface area contributed by atoms with Gasteiger partial charge >= 0.3 is 5.97 Å². The second kappa shape index (κ2) is 7.29. The highest BCUT2D eigenvalue weighted by Gasteiger charge is 2.06. The van der Waals surface area contributed by atoms with Gasteiger partial charge in [0.05, 0.1) is 7.11 Å². The largest absolute Gasteiger partial charge is 0.508 e. The van der Waals surface area contributed by atoms with Crippen LogP contribution in [0, 0.1) is 0 Å². The molecule has 0 atom stereocenters. The summed E-state index contributed by atoms with van der Waals surface area (Å²) >= 11 is 0. The molecule has 0 saturated heterocycles. The van der Waals surface area contributed by atoms with Crippen molar-refractivity contribution in [3.63, 3.8) is 0 Å². The Morgan fingerprint density at radius 1 is 1.05 bits per heavy atom. The van der Waals surface area contributed by atoms with Gasteiger partial charge in [-0.15, -0.1) is 0 Å². The third kappa shape index (κ3) is 4.49. The quantitative estimate of drug-likeness (QED) is 0.668. The minimum absolute atomic E-state index is 0.220. The number of rotatable bonds is 5. The molecule has 0 aromatic heterocycles. The number of hydrogen-bond acceptors (Lipinski definition) is 3. The minimum Gasteiger partial charge on any atom is -0.508 e. The highest BCUT2D eigenvalue weighted by Crippen LogP contribution is 2.24. The standard InChI is InChI=1S/C18H18O3/c1-21-18(20)12-9-16(15-5-3-2-4-6-15)13-14-7-10-17(19)11-8-14/h2-8,10-11,13,19H,9,12H2,1H3. The monoisotopic (exact) mass is 282 g/mol. The van der Waals surface area contributed by atoms with E-state index in [1.165, 1.54) is 7.11 Å². The van der Waals surface area contributed by atoms with Crippen LogP contribution in [-0.2, 0) is 9.53 Å². The predicted octanol–water partition coefficient (Wildman–Crippen LogP) is 3.89. The van der Waals surface area contributed by atoms with Crippen molar-refractivity contribution < 1.29 is 14.6 Å². The molecule has 0 amide bonds. The van der Waals surface area contributed by atoms with Crippen LogP contribution in [-0.4, -0.2) is 18.2 Å². The fourth-order valence-electron chi connectivity index (χ4n) is 2.06. The Labute approximate surface area is 124 Å². The van der Waals surface area contributed by atoms with Crippen LogP contribution in [0.5, 0.6) is 5.75 Å². The maximum atomic E-state index is 11.4. The summed E-state index contributed by atoms with van der Waals surface area (Å²) in [4.78, 5) is 11.4. The zero-order valence-corrected chi connectivity index (χ0v) is 12.0. The van der Waals surface area contributed by atoms with E-state index in [1.807, 2.05) is 48.5 Å². The molecule has 0 saturated carbocycles. The lowest BCUT2D eigenvalue weighted by Crippen LogP contribution is -2.00. The first-order valence-corrected chi connectivity index (χ1v) is 6.81. The van der Waals surface area contributed by atoms with Gasteiger partial charge in [0.1, 0.15) is 5.75 Å². The van der Waals surface area contributed by atoms with Gasteiger partial charge in [-0.1, -0.05) is 48.5 Å². The first-order chi connectivity index (χ1) is 10.2. The number of carbonyl (C=O) groups is 1. The SMILES string of the molecule is COC(=O)CCC(=Cc1ccc(O)cc1)c1ccccc1. The maximum absolute atomic E-state index is 11.4.